The van der Waals surface area contributed by atoms with Gasteiger partial charge in [-0.05, 0) is 43.5 Å². The second kappa shape index (κ2) is 8.71. The van der Waals surface area contributed by atoms with E-state index in [0.717, 1.165) is 29.7 Å². The van der Waals surface area contributed by atoms with Gasteiger partial charge in [0.2, 0.25) is 15.9 Å². The van der Waals surface area contributed by atoms with Crippen LogP contribution < -0.4 is 4.74 Å². The van der Waals surface area contributed by atoms with Gasteiger partial charge in [0.25, 0.3) is 0 Å². The van der Waals surface area contributed by atoms with Gasteiger partial charge in [0.1, 0.15) is 12.4 Å². The number of hydrogen-bond acceptors (Lipinski definition) is 4. The molecular weight excluding hydrogens is 388 g/mol. The molecule has 1 aliphatic carbocycles. The number of sulfonamides is 1. The Morgan fingerprint density at radius 2 is 2.00 bits per heavy atom. The van der Waals surface area contributed by atoms with Crippen LogP contribution in [0.4, 0.5) is 0 Å². The van der Waals surface area contributed by atoms with Crippen LogP contribution in [0, 0.1) is 5.92 Å². The molecule has 0 unspecified atom stereocenters. The molecule has 0 radical (unpaired) electrons. The molecule has 0 N–H and O–H groups in total. The minimum atomic E-state index is -3.30. The minimum absolute atomic E-state index is 0.0909. The molecule has 1 aromatic rings. The van der Waals surface area contributed by atoms with Crippen LogP contribution in [0.15, 0.2) is 41.6 Å². The van der Waals surface area contributed by atoms with Crippen LogP contribution in [-0.2, 0) is 27.9 Å². The summed E-state index contributed by atoms with van der Waals surface area (Å²) in [5.74, 6) is 0.693. The van der Waals surface area contributed by atoms with Crippen LogP contribution in [0.3, 0.4) is 0 Å². The monoisotopic (exact) mass is 418 g/mol. The largest absolute Gasteiger partial charge is 0.492 e. The fraction of sp³-hybridized carbons (Fsp3) is 0.500. The third-order valence-corrected chi connectivity index (χ3v) is 6.57. The van der Waals surface area contributed by atoms with Gasteiger partial charge in [-0.25, -0.2) is 8.42 Å². The quantitative estimate of drug-likeness (QED) is 0.735. The number of carbonyl (C=O) groups excluding carboxylic acids is 1. The number of allylic oxidation sites excluding steroid dienone is 4. The van der Waals surface area contributed by atoms with E-state index in [9.17, 15) is 13.2 Å². The summed E-state index contributed by atoms with van der Waals surface area (Å²) in [4.78, 5) is 14.8. The highest BCUT2D eigenvalue weighted by atomic mass is 32.2. The lowest BCUT2D eigenvalue weighted by Gasteiger charge is -2.29. The number of carbonyl (C=O) groups is 1. The Bertz CT molecular complexity index is 948. The molecule has 29 heavy (non-hydrogen) atoms. The van der Waals surface area contributed by atoms with E-state index in [2.05, 4.69) is 13.0 Å². The molecule has 0 saturated heterocycles. The fourth-order valence-corrected chi connectivity index (χ4v) is 4.36. The zero-order valence-electron chi connectivity index (χ0n) is 17.6. The molecule has 1 aliphatic heterocycles. The maximum atomic E-state index is 12.9. The fourth-order valence-electron chi connectivity index (χ4n) is 3.58. The van der Waals surface area contributed by atoms with Gasteiger partial charge in [-0.1, -0.05) is 31.6 Å². The van der Waals surface area contributed by atoms with Crippen LogP contribution in [0.5, 0.6) is 5.75 Å². The van der Waals surface area contributed by atoms with Gasteiger partial charge in [0.05, 0.1) is 12.8 Å². The molecule has 0 spiro atoms. The number of ether oxygens (including phenoxy) is 1. The average molecular weight is 419 g/mol. The molecule has 158 valence electrons. The van der Waals surface area contributed by atoms with Crippen molar-refractivity contribution in [3.05, 3.63) is 52.7 Å². The number of amides is 1. The zero-order valence-corrected chi connectivity index (χ0v) is 18.5. The topological polar surface area (TPSA) is 66.9 Å². The molecule has 0 aromatic heterocycles. The van der Waals surface area contributed by atoms with Crippen molar-refractivity contribution >= 4 is 15.9 Å². The lowest BCUT2D eigenvalue weighted by Crippen LogP contribution is -2.33. The van der Waals surface area contributed by atoms with Crippen molar-refractivity contribution in [2.24, 2.45) is 5.92 Å². The Labute approximate surface area is 173 Å². The van der Waals surface area contributed by atoms with Gasteiger partial charge in [0.15, 0.2) is 0 Å². The van der Waals surface area contributed by atoms with Gasteiger partial charge in [-0.3, -0.25) is 4.79 Å². The summed E-state index contributed by atoms with van der Waals surface area (Å²) in [7, 11) is -3.30. The van der Waals surface area contributed by atoms with Crippen molar-refractivity contribution < 1.29 is 17.9 Å². The van der Waals surface area contributed by atoms with Crippen molar-refractivity contribution in [1.29, 1.82) is 0 Å². The lowest BCUT2D eigenvalue weighted by molar-refractivity contribution is -0.133. The Balaban J connectivity index is 1.89. The molecule has 3 rings (SSSR count). The first kappa shape index (κ1) is 21.6. The first-order valence-electron chi connectivity index (χ1n) is 10.0. The smallest absolute Gasteiger partial charge is 0.229 e. The highest BCUT2D eigenvalue weighted by molar-refractivity contribution is 7.88. The molecule has 2 aliphatic rings. The van der Waals surface area contributed by atoms with Crippen LogP contribution in [0.25, 0.3) is 0 Å². The average Bonchev–Trinajstić information content (AvgIpc) is 2.88. The number of benzene rings is 1. The molecule has 0 fully saturated rings. The van der Waals surface area contributed by atoms with Crippen LogP contribution >= 0.6 is 0 Å². The SMILES string of the molecule is CC1=CC=C(N(Cc2ccc3c(c2)CN(S(C)(=O)=O)CCO3)C(=O)C(C)C)CC1. The molecule has 0 bridgehead atoms. The van der Waals surface area contributed by atoms with Crippen molar-refractivity contribution in [3.8, 4) is 5.75 Å². The third kappa shape index (κ3) is 5.28. The predicted octanol–water partition coefficient (Wildman–Crippen LogP) is 3.45. The summed E-state index contributed by atoms with van der Waals surface area (Å²) in [5.41, 5.74) is 4.13. The van der Waals surface area contributed by atoms with Gasteiger partial charge < -0.3 is 9.64 Å². The maximum absolute atomic E-state index is 12.9. The van der Waals surface area contributed by atoms with E-state index in [-0.39, 0.29) is 18.4 Å². The number of rotatable bonds is 5. The van der Waals surface area contributed by atoms with Crippen LogP contribution in [0.1, 0.15) is 44.7 Å². The molecule has 1 aromatic carbocycles. The third-order valence-electron chi connectivity index (χ3n) is 5.32. The van der Waals surface area contributed by atoms with Gasteiger partial charge in [-0.2, -0.15) is 4.31 Å². The Hall–Kier alpha value is -2.12. The molecular formula is C22H30N2O4S. The van der Waals surface area contributed by atoms with E-state index in [1.165, 1.54) is 16.1 Å². The van der Waals surface area contributed by atoms with E-state index in [4.69, 9.17) is 4.74 Å². The van der Waals surface area contributed by atoms with E-state index in [1.807, 2.05) is 43.0 Å². The van der Waals surface area contributed by atoms with Crippen LogP contribution in [0.2, 0.25) is 0 Å². The second-order valence-corrected chi connectivity index (χ2v) is 10.1. The maximum Gasteiger partial charge on any atom is 0.229 e. The van der Waals surface area contributed by atoms with Crippen molar-refractivity contribution in [2.75, 3.05) is 19.4 Å². The molecule has 6 nitrogen and oxygen atoms in total. The Morgan fingerprint density at radius 1 is 1.24 bits per heavy atom. The summed E-state index contributed by atoms with van der Waals surface area (Å²) in [6.45, 7) is 7.33. The Morgan fingerprint density at radius 3 is 2.62 bits per heavy atom. The van der Waals surface area contributed by atoms with Gasteiger partial charge >= 0.3 is 0 Å². The first-order chi connectivity index (χ1) is 13.6. The lowest BCUT2D eigenvalue weighted by atomic mass is 10.0. The summed E-state index contributed by atoms with van der Waals surface area (Å²) < 4.78 is 31.2. The Kier molecular flexibility index (Phi) is 6.49. The molecule has 1 heterocycles. The van der Waals surface area contributed by atoms with Gasteiger partial charge in [-0.15, -0.1) is 0 Å². The number of nitrogens with zero attached hydrogens (tertiary/aromatic N) is 2. The van der Waals surface area contributed by atoms with Gasteiger partial charge in [0, 0.05) is 30.3 Å². The molecule has 0 atom stereocenters. The highest BCUT2D eigenvalue weighted by Gasteiger charge is 2.25. The van der Waals surface area contributed by atoms with E-state index < -0.39 is 10.0 Å². The van der Waals surface area contributed by atoms with E-state index >= 15 is 0 Å². The summed E-state index contributed by atoms with van der Waals surface area (Å²) in [6, 6.07) is 5.80. The normalized spacial score (nSPS) is 17.7. The second-order valence-electron chi connectivity index (χ2n) is 8.14. The van der Waals surface area contributed by atoms with E-state index in [1.54, 1.807) is 0 Å². The predicted molar refractivity (Wildman–Crippen MR) is 114 cm³/mol. The number of hydrogen-bond donors (Lipinski definition) is 0. The zero-order chi connectivity index (χ0) is 21.2. The molecule has 7 heteroatoms. The minimum Gasteiger partial charge on any atom is -0.492 e. The summed E-state index contributed by atoms with van der Waals surface area (Å²) in [6.07, 6.45) is 7.13. The van der Waals surface area contributed by atoms with Crippen molar-refractivity contribution in [2.45, 2.75) is 46.7 Å². The molecule has 1 amide bonds. The standard InChI is InChI=1S/C22H30N2O4S/c1-16(2)22(25)24(20-8-5-17(3)6-9-20)14-18-7-10-21-19(13-18)15-23(11-12-28-21)29(4,26)27/h5,7-8,10,13,16H,6,9,11-12,14-15H2,1-4H3. The highest BCUT2D eigenvalue weighted by Crippen LogP contribution is 2.28. The van der Waals surface area contributed by atoms with Crippen molar-refractivity contribution in [3.63, 3.8) is 0 Å². The van der Waals surface area contributed by atoms with Crippen LogP contribution in [-0.4, -0.2) is 42.9 Å². The first-order valence-corrected chi connectivity index (χ1v) is 11.9. The number of fused-ring (bicyclic) bond motifs is 1. The summed E-state index contributed by atoms with van der Waals surface area (Å²) >= 11 is 0. The van der Waals surface area contributed by atoms with E-state index in [0.29, 0.717) is 25.4 Å². The van der Waals surface area contributed by atoms with Crippen molar-refractivity contribution in [1.82, 2.24) is 9.21 Å². The molecule has 0 saturated carbocycles. The summed E-state index contributed by atoms with van der Waals surface area (Å²) in [5, 5.41) is 0.